The molecule has 0 aliphatic carbocycles. The van der Waals surface area contributed by atoms with Crippen LogP contribution in [0.15, 0.2) is 60.7 Å². The first-order chi connectivity index (χ1) is 22.2. The van der Waals surface area contributed by atoms with Crippen LogP contribution in [-0.4, -0.2) is 96.8 Å². The van der Waals surface area contributed by atoms with E-state index in [2.05, 4.69) is 10.6 Å². The summed E-state index contributed by atoms with van der Waals surface area (Å²) in [6.45, 7) is 4.79. The zero-order chi connectivity index (χ0) is 33.3. The molecule has 0 radical (unpaired) electrons. The molecule has 248 valence electrons. The van der Waals surface area contributed by atoms with Gasteiger partial charge in [0.05, 0.1) is 26.1 Å². The summed E-state index contributed by atoms with van der Waals surface area (Å²) in [5.74, 6) is -1.66. The van der Waals surface area contributed by atoms with Crippen LogP contribution >= 0.6 is 0 Å². The van der Waals surface area contributed by atoms with Crippen molar-refractivity contribution in [3.05, 3.63) is 71.8 Å². The molecule has 2 N–H and O–H groups in total. The number of hydrogen-bond acceptors (Lipinski definition) is 8. The fraction of sp³-hybridized carbons (Fsp3) is 0.471. The van der Waals surface area contributed by atoms with Crippen molar-refractivity contribution in [1.82, 2.24) is 20.4 Å². The van der Waals surface area contributed by atoms with Gasteiger partial charge in [-0.05, 0) is 50.7 Å². The van der Waals surface area contributed by atoms with Crippen molar-refractivity contribution in [2.24, 2.45) is 0 Å². The average Bonchev–Trinajstić information content (AvgIpc) is 3.75. The molecule has 12 heteroatoms. The summed E-state index contributed by atoms with van der Waals surface area (Å²) in [4.78, 5) is 75.1. The van der Waals surface area contributed by atoms with E-state index in [1.807, 2.05) is 60.7 Å². The minimum Gasteiger partial charge on any atom is -0.465 e. The van der Waals surface area contributed by atoms with Crippen LogP contribution in [0.2, 0.25) is 0 Å². The number of amides is 4. The molecule has 0 aromatic heterocycles. The largest absolute Gasteiger partial charge is 0.465 e. The first-order valence-electron chi connectivity index (χ1n) is 15.8. The molecule has 0 unspecified atom stereocenters. The fourth-order valence-electron chi connectivity index (χ4n) is 5.40. The molecule has 2 fully saturated rings. The molecule has 0 saturated carbocycles. The second-order valence-electron chi connectivity index (χ2n) is 10.9. The summed E-state index contributed by atoms with van der Waals surface area (Å²) in [6.07, 6.45) is 3.38. The quantitative estimate of drug-likeness (QED) is 0.335. The van der Waals surface area contributed by atoms with Crippen molar-refractivity contribution >= 4 is 35.6 Å². The summed E-state index contributed by atoms with van der Waals surface area (Å²) in [6, 6.07) is 17.9. The van der Waals surface area contributed by atoms with Gasteiger partial charge in [0.2, 0.25) is 23.6 Å². The monoisotopic (exact) mass is 636 g/mol. The number of ether oxygens (including phenoxy) is 2. The van der Waals surface area contributed by atoms with Crippen LogP contribution in [0.4, 0.5) is 0 Å². The number of likely N-dealkylation sites (tertiary alicyclic amines) is 2. The van der Waals surface area contributed by atoms with Crippen LogP contribution in [0.5, 0.6) is 0 Å². The minimum absolute atomic E-state index is 0.0648. The second kappa shape index (κ2) is 18.9. The van der Waals surface area contributed by atoms with Crippen molar-refractivity contribution in [3.8, 4) is 0 Å². The van der Waals surface area contributed by atoms with Gasteiger partial charge < -0.3 is 29.9 Å². The lowest BCUT2D eigenvalue weighted by atomic mass is 10.1. The Kier molecular flexibility index (Phi) is 14.7. The molecular formula is C34H44N4O8. The highest BCUT2D eigenvalue weighted by Crippen LogP contribution is 2.20. The Bertz CT molecular complexity index is 1220. The number of esters is 2. The number of carbonyl (C=O) groups is 6. The lowest BCUT2D eigenvalue weighted by Gasteiger charge is -2.24. The topological polar surface area (TPSA) is 151 Å². The van der Waals surface area contributed by atoms with Crippen LogP contribution in [-0.2, 0) is 51.1 Å². The maximum Gasteiger partial charge on any atom is 0.325 e. The van der Waals surface area contributed by atoms with E-state index in [9.17, 15) is 28.8 Å². The Morgan fingerprint density at radius 2 is 1.00 bits per heavy atom. The molecule has 2 saturated heterocycles. The van der Waals surface area contributed by atoms with E-state index in [-0.39, 0.29) is 62.8 Å². The van der Waals surface area contributed by atoms with Gasteiger partial charge >= 0.3 is 11.9 Å². The lowest BCUT2D eigenvalue weighted by Crippen LogP contribution is -2.47. The zero-order valence-electron chi connectivity index (χ0n) is 26.6. The Labute approximate surface area is 269 Å². The molecule has 4 rings (SSSR count). The van der Waals surface area contributed by atoms with Crippen molar-refractivity contribution in [1.29, 1.82) is 0 Å². The summed E-state index contributed by atoms with van der Waals surface area (Å²) in [7, 11) is 0. The maximum atomic E-state index is 12.4. The third-order valence-corrected chi connectivity index (χ3v) is 7.57. The minimum atomic E-state index is -0.499. The van der Waals surface area contributed by atoms with E-state index in [1.54, 1.807) is 23.6 Å². The van der Waals surface area contributed by atoms with Crippen molar-refractivity contribution in [2.45, 2.75) is 64.5 Å². The first-order valence-corrected chi connectivity index (χ1v) is 15.8. The number of carbonyl (C=O) groups excluding carboxylic acids is 6. The van der Waals surface area contributed by atoms with E-state index in [0.717, 1.165) is 24.0 Å². The SMILES string of the molecule is CCOC(=O)CNC(=O)[C@@H]1CCCN1C(=O)Cc1ccccc1.CCOC(=O)CNC(=O)[C@@H]1CCCN1C(=O)Cc1ccccc1. The molecule has 2 atom stereocenters. The fourth-order valence-corrected chi connectivity index (χ4v) is 5.40. The lowest BCUT2D eigenvalue weighted by molar-refractivity contribution is -0.145. The standard InChI is InChI=1S/2C17H22N2O4/c2*1-2-23-16(21)12-18-17(22)14-9-6-10-19(14)15(20)11-13-7-4-3-5-8-13/h2*3-5,7-8,14H,2,6,9-12H2,1H3,(H,18,22)/t2*14-/m00/s1. The number of rotatable bonds is 12. The highest BCUT2D eigenvalue weighted by Gasteiger charge is 2.35. The summed E-state index contributed by atoms with van der Waals surface area (Å²) < 4.78 is 9.55. The Morgan fingerprint density at radius 3 is 1.35 bits per heavy atom. The third-order valence-electron chi connectivity index (χ3n) is 7.57. The van der Waals surface area contributed by atoms with E-state index in [0.29, 0.717) is 25.9 Å². The first kappa shape index (κ1) is 35.7. The summed E-state index contributed by atoms with van der Waals surface area (Å²) >= 11 is 0. The van der Waals surface area contributed by atoms with Gasteiger partial charge in [-0.2, -0.15) is 0 Å². The zero-order valence-corrected chi connectivity index (χ0v) is 26.6. The van der Waals surface area contributed by atoms with Gasteiger partial charge in [0, 0.05) is 13.1 Å². The van der Waals surface area contributed by atoms with Crippen molar-refractivity contribution in [2.75, 3.05) is 39.4 Å². The number of nitrogens with zero attached hydrogens (tertiary/aromatic N) is 2. The molecule has 2 aliphatic rings. The van der Waals surface area contributed by atoms with Gasteiger partial charge in [0.15, 0.2) is 0 Å². The molecule has 2 aromatic rings. The van der Waals surface area contributed by atoms with E-state index >= 15 is 0 Å². The Hall–Kier alpha value is -4.74. The van der Waals surface area contributed by atoms with Gasteiger partial charge in [0.1, 0.15) is 25.2 Å². The molecule has 46 heavy (non-hydrogen) atoms. The van der Waals surface area contributed by atoms with Crippen LogP contribution in [0.3, 0.4) is 0 Å². The molecular weight excluding hydrogens is 592 g/mol. The molecule has 12 nitrogen and oxygen atoms in total. The second-order valence-corrected chi connectivity index (χ2v) is 10.9. The Morgan fingerprint density at radius 1 is 0.630 bits per heavy atom. The molecule has 2 aliphatic heterocycles. The molecule has 2 heterocycles. The summed E-state index contributed by atoms with van der Waals surface area (Å²) in [5.41, 5.74) is 1.85. The average molecular weight is 637 g/mol. The normalized spacial score (nSPS) is 16.9. The van der Waals surface area contributed by atoms with Gasteiger partial charge in [-0.15, -0.1) is 0 Å². The van der Waals surface area contributed by atoms with Crippen molar-refractivity contribution < 1.29 is 38.2 Å². The molecule has 0 bridgehead atoms. The molecule has 4 amide bonds. The predicted octanol–water partition coefficient (Wildman–Crippen LogP) is 1.80. The summed E-state index contributed by atoms with van der Waals surface area (Å²) in [5, 5.41) is 5.10. The van der Waals surface area contributed by atoms with E-state index in [4.69, 9.17) is 9.47 Å². The van der Waals surface area contributed by atoms with Crippen LogP contribution in [0, 0.1) is 0 Å². The van der Waals surface area contributed by atoms with Crippen molar-refractivity contribution in [3.63, 3.8) is 0 Å². The van der Waals surface area contributed by atoms with Gasteiger partial charge in [-0.1, -0.05) is 60.7 Å². The van der Waals surface area contributed by atoms with Gasteiger partial charge in [0.25, 0.3) is 0 Å². The Balaban J connectivity index is 0.000000250. The number of hydrogen-bond donors (Lipinski definition) is 2. The smallest absolute Gasteiger partial charge is 0.325 e. The van der Waals surface area contributed by atoms with E-state index in [1.165, 1.54) is 0 Å². The highest BCUT2D eigenvalue weighted by molar-refractivity contribution is 5.91. The highest BCUT2D eigenvalue weighted by atomic mass is 16.5. The van der Waals surface area contributed by atoms with Crippen LogP contribution in [0.1, 0.15) is 50.7 Å². The van der Waals surface area contributed by atoms with E-state index < -0.39 is 24.0 Å². The maximum absolute atomic E-state index is 12.4. The molecule has 2 aromatic carbocycles. The third kappa shape index (κ3) is 11.3. The van der Waals surface area contributed by atoms with Crippen LogP contribution < -0.4 is 10.6 Å². The molecule has 0 spiro atoms. The number of nitrogens with one attached hydrogen (secondary N) is 2. The van der Waals surface area contributed by atoms with Crippen LogP contribution in [0.25, 0.3) is 0 Å². The van der Waals surface area contributed by atoms with Gasteiger partial charge in [-0.3, -0.25) is 28.8 Å². The predicted molar refractivity (Wildman–Crippen MR) is 169 cm³/mol. The van der Waals surface area contributed by atoms with Gasteiger partial charge in [-0.25, -0.2) is 0 Å². The number of benzene rings is 2.